The third-order valence-electron chi connectivity index (χ3n) is 2.91. The normalized spacial score (nSPS) is 10.4. The molecule has 0 fully saturated rings. The van der Waals surface area contributed by atoms with Crippen LogP contribution in [0.25, 0.3) is 0 Å². The number of ether oxygens (including phenoxy) is 1. The first-order valence-electron chi connectivity index (χ1n) is 6.91. The van der Waals surface area contributed by atoms with E-state index in [1.807, 2.05) is 0 Å². The number of carbonyl (C=O) groups excluding carboxylic acids is 1. The first kappa shape index (κ1) is 21.2. The highest BCUT2D eigenvalue weighted by Crippen LogP contribution is 2.34. The van der Waals surface area contributed by atoms with Gasteiger partial charge >= 0.3 is 6.61 Å². The number of halogens is 5. The summed E-state index contributed by atoms with van der Waals surface area (Å²) in [7, 11) is 0. The van der Waals surface area contributed by atoms with E-state index in [-0.39, 0.29) is 37.4 Å². The summed E-state index contributed by atoms with van der Waals surface area (Å²) in [5.41, 5.74) is 10.4. The van der Waals surface area contributed by atoms with Crippen LogP contribution in [0.1, 0.15) is 10.5 Å². The molecule has 2 aromatic rings. The molecule has 5 N–H and O–H groups in total. The Morgan fingerprint density at radius 3 is 2.37 bits per heavy atom. The minimum atomic E-state index is -2.92. The number of rotatable bonds is 4. The molecule has 1 aromatic carbocycles. The fourth-order valence-corrected chi connectivity index (χ4v) is 2.50. The van der Waals surface area contributed by atoms with Gasteiger partial charge in [0.25, 0.3) is 5.91 Å². The van der Waals surface area contributed by atoms with Gasteiger partial charge in [-0.1, -0.05) is 34.8 Å². The molecule has 27 heavy (non-hydrogen) atoms. The van der Waals surface area contributed by atoms with Crippen molar-refractivity contribution in [1.29, 1.82) is 0 Å². The quantitative estimate of drug-likeness (QED) is 0.315. The van der Waals surface area contributed by atoms with Crippen molar-refractivity contribution >= 4 is 69.4 Å². The van der Waals surface area contributed by atoms with Crippen molar-refractivity contribution in [3.63, 3.8) is 0 Å². The number of thiocarbonyl (C=S) groups is 1. The molecule has 0 saturated heterocycles. The molecule has 0 aliphatic rings. The lowest BCUT2D eigenvalue weighted by atomic mass is 10.3. The number of hydrogen-bond donors (Lipinski definition) is 4. The summed E-state index contributed by atoms with van der Waals surface area (Å²) in [4.78, 5) is 15.9. The maximum Gasteiger partial charge on any atom is 0.387 e. The smallest absolute Gasteiger partial charge is 0.387 e. The van der Waals surface area contributed by atoms with Crippen molar-refractivity contribution in [2.75, 3.05) is 11.1 Å². The molecule has 0 aliphatic heterocycles. The number of anilines is 2. The number of hydrazine groups is 1. The van der Waals surface area contributed by atoms with Crippen LogP contribution in [0.2, 0.25) is 15.2 Å². The van der Waals surface area contributed by atoms with Crippen molar-refractivity contribution in [3.05, 3.63) is 45.2 Å². The topological polar surface area (TPSA) is 101 Å². The Morgan fingerprint density at radius 2 is 1.78 bits per heavy atom. The largest absolute Gasteiger partial charge is 0.435 e. The number of pyridine rings is 1. The number of nitrogens with one attached hydrogen (secondary N) is 3. The summed E-state index contributed by atoms with van der Waals surface area (Å²) >= 11 is 22.5. The Kier molecular flexibility index (Phi) is 7.19. The van der Waals surface area contributed by atoms with Crippen molar-refractivity contribution in [1.82, 2.24) is 15.8 Å². The summed E-state index contributed by atoms with van der Waals surface area (Å²) < 4.78 is 28.4. The second-order valence-corrected chi connectivity index (χ2v) is 6.25. The van der Waals surface area contributed by atoms with Crippen molar-refractivity contribution in [2.24, 2.45) is 0 Å². The number of benzene rings is 1. The van der Waals surface area contributed by atoms with Crippen LogP contribution in [-0.2, 0) is 0 Å². The number of amides is 1. The second-order valence-electron chi connectivity index (χ2n) is 4.73. The molecule has 0 atom stereocenters. The predicted octanol–water partition coefficient (Wildman–Crippen LogP) is 3.86. The Bertz CT molecular complexity index is 871. The maximum atomic E-state index is 12.1. The Balaban J connectivity index is 1.95. The van der Waals surface area contributed by atoms with E-state index in [2.05, 4.69) is 25.9 Å². The Labute approximate surface area is 172 Å². The van der Waals surface area contributed by atoms with Crippen LogP contribution >= 0.6 is 47.0 Å². The zero-order valence-electron chi connectivity index (χ0n) is 13.0. The van der Waals surface area contributed by atoms with Gasteiger partial charge in [0.05, 0.1) is 10.7 Å². The van der Waals surface area contributed by atoms with Crippen molar-refractivity contribution in [3.8, 4) is 5.75 Å². The average Bonchev–Trinajstić information content (AvgIpc) is 2.62. The lowest BCUT2D eigenvalue weighted by Crippen LogP contribution is -2.44. The summed E-state index contributed by atoms with van der Waals surface area (Å²) in [5.74, 6) is -0.782. The number of nitrogens with two attached hydrogens (primary N) is 1. The van der Waals surface area contributed by atoms with E-state index in [4.69, 9.17) is 52.8 Å². The molecule has 1 amide bonds. The molecule has 0 unspecified atom stereocenters. The first-order valence-corrected chi connectivity index (χ1v) is 8.45. The number of nitrogen functional groups attached to an aromatic ring is 1. The lowest BCUT2D eigenvalue weighted by Gasteiger charge is -2.13. The minimum absolute atomic E-state index is 0.00460. The highest BCUT2D eigenvalue weighted by atomic mass is 35.5. The highest BCUT2D eigenvalue weighted by molar-refractivity contribution is 7.80. The van der Waals surface area contributed by atoms with E-state index < -0.39 is 12.5 Å². The molecule has 2 rings (SSSR count). The van der Waals surface area contributed by atoms with Gasteiger partial charge in [0.2, 0.25) is 0 Å². The molecule has 0 radical (unpaired) electrons. The molecular weight excluding hydrogens is 447 g/mol. The molecule has 0 spiro atoms. The van der Waals surface area contributed by atoms with Gasteiger partial charge in [-0.05, 0) is 36.5 Å². The summed E-state index contributed by atoms with van der Waals surface area (Å²) in [6.07, 6.45) is 0. The molecule has 1 aromatic heterocycles. The van der Waals surface area contributed by atoms with Crippen LogP contribution in [0.15, 0.2) is 24.3 Å². The SMILES string of the molecule is Nc1c(Cl)c(Cl)nc(C(=O)NNC(=S)Nc2ccc(OC(F)F)cc2)c1Cl. The average molecular weight is 457 g/mol. The molecule has 13 heteroatoms. The fourth-order valence-electron chi connectivity index (χ4n) is 1.74. The lowest BCUT2D eigenvalue weighted by molar-refractivity contribution is -0.0498. The van der Waals surface area contributed by atoms with Crippen LogP contribution in [-0.4, -0.2) is 22.6 Å². The molecule has 0 bridgehead atoms. The molecule has 0 saturated carbocycles. The third-order valence-corrected chi connectivity index (χ3v) is 4.25. The first-order chi connectivity index (χ1) is 12.7. The zero-order chi connectivity index (χ0) is 20.1. The Hall–Kier alpha value is -2.14. The number of carbonyl (C=O) groups is 1. The Morgan fingerprint density at radius 1 is 1.15 bits per heavy atom. The fraction of sp³-hybridized carbons (Fsp3) is 0.0714. The molecular formula is C14H10Cl3F2N5O2S. The van der Waals surface area contributed by atoms with Gasteiger partial charge < -0.3 is 15.8 Å². The van der Waals surface area contributed by atoms with Crippen LogP contribution in [0.4, 0.5) is 20.2 Å². The molecule has 7 nitrogen and oxygen atoms in total. The van der Waals surface area contributed by atoms with Gasteiger partial charge in [-0.15, -0.1) is 0 Å². The number of alkyl halides is 2. The van der Waals surface area contributed by atoms with Gasteiger partial charge in [0.1, 0.15) is 10.8 Å². The number of hydrogen-bond acceptors (Lipinski definition) is 5. The zero-order valence-corrected chi connectivity index (χ0v) is 16.1. The standard InChI is InChI=1S/C14H10Cl3F2N5O2S/c15-7-9(20)8(16)11(17)22-10(7)12(25)23-24-14(27)21-5-1-3-6(4-2-5)26-13(18)19/h1-4,13H,(H2,20,22)(H,23,25)(H2,21,24,27). The van der Waals surface area contributed by atoms with E-state index in [0.717, 1.165) is 0 Å². The molecule has 144 valence electrons. The van der Waals surface area contributed by atoms with E-state index in [0.29, 0.717) is 5.69 Å². The van der Waals surface area contributed by atoms with Gasteiger partial charge in [-0.2, -0.15) is 8.78 Å². The van der Waals surface area contributed by atoms with Gasteiger partial charge in [0, 0.05) is 5.69 Å². The minimum Gasteiger partial charge on any atom is -0.435 e. The second kappa shape index (κ2) is 9.18. The molecule has 0 aliphatic carbocycles. The van der Waals surface area contributed by atoms with Crippen molar-refractivity contribution < 1.29 is 18.3 Å². The van der Waals surface area contributed by atoms with E-state index in [1.54, 1.807) is 0 Å². The van der Waals surface area contributed by atoms with Crippen LogP contribution in [0, 0.1) is 0 Å². The van der Waals surface area contributed by atoms with E-state index >= 15 is 0 Å². The van der Waals surface area contributed by atoms with Crippen LogP contribution in [0.3, 0.4) is 0 Å². The van der Waals surface area contributed by atoms with E-state index in [1.165, 1.54) is 24.3 Å². The maximum absolute atomic E-state index is 12.1. The van der Waals surface area contributed by atoms with Gasteiger partial charge in [-0.25, -0.2) is 4.98 Å². The predicted molar refractivity (Wildman–Crippen MR) is 104 cm³/mol. The summed E-state index contributed by atoms with van der Waals surface area (Å²) in [6, 6.07) is 5.53. The molecule has 1 heterocycles. The van der Waals surface area contributed by atoms with Crippen LogP contribution < -0.4 is 26.6 Å². The highest BCUT2D eigenvalue weighted by Gasteiger charge is 2.19. The van der Waals surface area contributed by atoms with Crippen LogP contribution in [0.5, 0.6) is 5.75 Å². The van der Waals surface area contributed by atoms with Gasteiger partial charge in [0.15, 0.2) is 16.0 Å². The van der Waals surface area contributed by atoms with Crippen molar-refractivity contribution in [2.45, 2.75) is 6.61 Å². The number of nitrogens with zero attached hydrogens (tertiary/aromatic N) is 1. The monoisotopic (exact) mass is 455 g/mol. The summed E-state index contributed by atoms with van der Waals surface area (Å²) in [5, 5.41) is 2.29. The summed E-state index contributed by atoms with van der Waals surface area (Å²) in [6.45, 7) is -2.92. The third kappa shape index (κ3) is 5.67. The van der Waals surface area contributed by atoms with Gasteiger partial charge in [-0.3, -0.25) is 15.6 Å². The number of aromatic nitrogens is 1. The van der Waals surface area contributed by atoms with E-state index in [9.17, 15) is 13.6 Å².